The molecule has 43 heavy (non-hydrogen) atoms. The maximum Gasteiger partial charge on any atom is 0.345 e. The maximum absolute atomic E-state index is 13.1. The van der Waals surface area contributed by atoms with Crippen LogP contribution in [0.2, 0.25) is 0 Å². The maximum atomic E-state index is 13.1. The summed E-state index contributed by atoms with van der Waals surface area (Å²) in [6.45, 7) is 3.35. The van der Waals surface area contributed by atoms with Gasteiger partial charge in [-0.05, 0) is 61.2 Å². The van der Waals surface area contributed by atoms with E-state index in [2.05, 4.69) is 30.8 Å². The van der Waals surface area contributed by atoms with E-state index in [0.29, 0.717) is 11.9 Å². The molecule has 0 bridgehead atoms. The molecule has 1 amide bonds. The van der Waals surface area contributed by atoms with Gasteiger partial charge in [-0.2, -0.15) is 9.82 Å². The van der Waals surface area contributed by atoms with Crippen LogP contribution in [0.4, 0.5) is 0 Å². The third-order valence-electron chi connectivity index (χ3n) is 7.06. The molecule has 4 aromatic rings. The first-order valence-electron chi connectivity index (χ1n) is 13.8. The molecule has 5 rings (SSSR count). The van der Waals surface area contributed by atoms with E-state index in [1.165, 1.54) is 12.1 Å². The van der Waals surface area contributed by atoms with Gasteiger partial charge in [-0.25, -0.2) is 13.2 Å². The second kappa shape index (κ2) is 12.8. The van der Waals surface area contributed by atoms with Crippen LogP contribution >= 0.6 is 0 Å². The number of fused-ring (bicyclic) bond motifs is 1. The zero-order valence-electron chi connectivity index (χ0n) is 23.5. The lowest BCUT2D eigenvalue weighted by molar-refractivity contribution is -0.144. The number of hydrogen-bond donors (Lipinski definition) is 5. The highest BCUT2D eigenvalue weighted by molar-refractivity contribution is 7.89. The normalized spacial score (nSPS) is 16.5. The minimum atomic E-state index is -4.32. The zero-order chi connectivity index (χ0) is 30.5. The SMILES string of the molecule is CC(NC(=O)c1ccc2c(cnn2CCCNC2N=CCCN2)c1)(NS(=O)(=O)c1ccc(-c2ccccc2)cc1)C(=O)O. The summed E-state index contributed by atoms with van der Waals surface area (Å²) in [6, 6.07) is 20.3. The largest absolute Gasteiger partial charge is 0.478 e. The van der Waals surface area contributed by atoms with Crippen molar-refractivity contribution in [3.8, 4) is 11.1 Å². The van der Waals surface area contributed by atoms with Crippen LogP contribution in [0, 0.1) is 0 Å². The van der Waals surface area contributed by atoms with Gasteiger partial charge in [0.2, 0.25) is 15.7 Å². The first-order chi connectivity index (χ1) is 20.6. The number of aromatic nitrogens is 2. The van der Waals surface area contributed by atoms with Gasteiger partial charge in [0.25, 0.3) is 5.91 Å². The van der Waals surface area contributed by atoms with Crippen molar-refractivity contribution in [1.82, 2.24) is 30.5 Å². The molecule has 2 atom stereocenters. The Morgan fingerprint density at radius 1 is 1.07 bits per heavy atom. The van der Waals surface area contributed by atoms with Crippen molar-refractivity contribution >= 4 is 39.0 Å². The number of aliphatic imine (C=N–C) groups is 1. The molecule has 2 unspecified atom stereocenters. The molecule has 0 saturated carbocycles. The van der Waals surface area contributed by atoms with E-state index in [1.54, 1.807) is 36.5 Å². The molecule has 1 aliphatic heterocycles. The van der Waals surface area contributed by atoms with Gasteiger partial charge in [0.1, 0.15) is 0 Å². The molecule has 0 aliphatic carbocycles. The Balaban J connectivity index is 1.24. The highest BCUT2D eigenvalue weighted by Gasteiger charge is 2.40. The molecule has 3 aromatic carbocycles. The topological polar surface area (TPSA) is 167 Å². The Hall–Kier alpha value is -4.43. The summed E-state index contributed by atoms with van der Waals surface area (Å²) >= 11 is 0. The van der Waals surface area contributed by atoms with Crippen molar-refractivity contribution in [2.45, 2.75) is 43.2 Å². The lowest BCUT2D eigenvalue weighted by atomic mass is 10.1. The van der Waals surface area contributed by atoms with E-state index in [4.69, 9.17) is 0 Å². The number of carboxylic acid groups (broad SMARTS) is 1. The Morgan fingerprint density at radius 3 is 2.51 bits per heavy atom. The molecule has 5 N–H and O–H groups in total. The summed E-state index contributed by atoms with van der Waals surface area (Å²) < 4.78 is 30.3. The van der Waals surface area contributed by atoms with Crippen LogP contribution in [0.5, 0.6) is 0 Å². The average molecular weight is 604 g/mol. The van der Waals surface area contributed by atoms with Crippen LogP contribution in [0.25, 0.3) is 22.0 Å². The Kier molecular flexibility index (Phi) is 8.97. The van der Waals surface area contributed by atoms with E-state index >= 15 is 0 Å². The number of rotatable bonds is 12. The lowest BCUT2D eigenvalue weighted by Crippen LogP contribution is -2.63. The van der Waals surface area contributed by atoms with Gasteiger partial charge < -0.3 is 10.4 Å². The van der Waals surface area contributed by atoms with E-state index in [0.717, 1.165) is 49.5 Å². The minimum absolute atomic E-state index is 0.0784. The fourth-order valence-electron chi connectivity index (χ4n) is 4.72. The van der Waals surface area contributed by atoms with Gasteiger partial charge in [0.15, 0.2) is 6.29 Å². The quantitative estimate of drug-likeness (QED) is 0.122. The number of benzene rings is 3. The van der Waals surface area contributed by atoms with Gasteiger partial charge in [-0.3, -0.25) is 25.1 Å². The number of sulfonamides is 1. The number of amides is 1. The first-order valence-corrected chi connectivity index (χ1v) is 15.3. The molecule has 1 aliphatic rings. The molecule has 0 saturated heterocycles. The molecular weight excluding hydrogens is 570 g/mol. The van der Waals surface area contributed by atoms with Crippen LogP contribution in [0.3, 0.4) is 0 Å². The lowest BCUT2D eigenvalue weighted by Gasteiger charge is -2.27. The number of nitrogens with zero attached hydrogens (tertiary/aromatic N) is 3. The number of carbonyl (C=O) groups excluding carboxylic acids is 1. The van der Waals surface area contributed by atoms with Crippen LogP contribution in [-0.4, -0.2) is 66.4 Å². The fraction of sp³-hybridized carbons (Fsp3) is 0.267. The van der Waals surface area contributed by atoms with Gasteiger partial charge in [-0.15, -0.1) is 0 Å². The predicted molar refractivity (Wildman–Crippen MR) is 163 cm³/mol. The second-order valence-corrected chi connectivity index (χ2v) is 12.0. The van der Waals surface area contributed by atoms with Crippen molar-refractivity contribution in [1.29, 1.82) is 0 Å². The third-order valence-corrected chi connectivity index (χ3v) is 8.63. The van der Waals surface area contributed by atoms with Crippen LogP contribution in [0.1, 0.15) is 30.1 Å². The van der Waals surface area contributed by atoms with Gasteiger partial charge >= 0.3 is 5.97 Å². The number of aliphatic carboxylic acids is 1. The van der Waals surface area contributed by atoms with Gasteiger partial charge in [0, 0.05) is 36.8 Å². The summed E-state index contributed by atoms with van der Waals surface area (Å²) in [7, 11) is -4.32. The molecule has 224 valence electrons. The number of aryl methyl sites for hydroxylation is 1. The molecule has 13 heteroatoms. The third kappa shape index (κ3) is 7.14. The summed E-state index contributed by atoms with van der Waals surface area (Å²) in [5, 5.41) is 24.0. The standard InChI is InChI=1S/C30H33N7O5S/c1-30(28(39)40,36-43(41,42)25-12-9-22(10-13-25)21-7-3-2-4-8-21)35-27(38)23-11-14-26-24(19-23)20-34-37(26)18-6-17-33-29-31-15-5-16-32-29/h2-4,7-15,19-20,29,32-33,36H,5-6,16-18H2,1H3,(H,35,38)(H,39,40). The molecule has 0 spiro atoms. The summed E-state index contributed by atoms with van der Waals surface area (Å²) in [4.78, 5) is 29.5. The van der Waals surface area contributed by atoms with Crippen molar-refractivity contribution in [3.63, 3.8) is 0 Å². The molecule has 2 heterocycles. The Labute approximate surface area is 249 Å². The summed E-state index contributed by atoms with van der Waals surface area (Å²) in [5.41, 5.74) is 0.358. The smallest absolute Gasteiger partial charge is 0.345 e. The van der Waals surface area contributed by atoms with Crippen molar-refractivity contribution in [2.75, 3.05) is 13.1 Å². The van der Waals surface area contributed by atoms with Gasteiger partial charge in [-0.1, -0.05) is 42.5 Å². The highest BCUT2D eigenvalue weighted by Crippen LogP contribution is 2.22. The van der Waals surface area contributed by atoms with E-state index in [9.17, 15) is 23.1 Å². The minimum Gasteiger partial charge on any atom is -0.478 e. The summed E-state index contributed by atoms with van der Waals surface area (Å²) in [5.74, 6) is -2.33. The molecule has 0 radical (unpaired) electrons. The van der Waals surface area contributed by atoms with E-state index < -0.39 is 27.6 Å². The monoisotopic (exact) mass is 603 g/mol. The molecular formula is C30H33N7O5S. The van der Waals surface area contributed by atoms with Crippen LogP contribution in [-0.2, 0) is 21.4 Å². The highest BCUT2D eigenvalue weighted by atomic mass is 32.2. The van der Waals surface area contributed by atoms with Crippen molar-refractivity contribution in [3.05, 3.63) is 84.6 Å². The van der Waals surface area contributed by atoms with Crippen molar-refractivity contribution in [2.24, 2.45) is 4.99 Å². The van der Waals surface area contributed by atoms with Crippen LogP contribution in [0.15, 0.2) is 88.9 Å². The van der Waals surface area contributed by atoms with Gasteiger partial charge in [0.05, 0.1) is 16.6 Å². The molecule has 0 fully saturated rings. The second-order valence-electron chi connectivity index (χ2n) is 10.3. The fourth-order valence-corrected chi connectivity index (χ4v) is 6.01. The summed E-state index contributed by atoms with van der Waals surface area (Å²) in [6.07, 6.45) is 5.18. The Morgan fingerprint density at radius 2 is 1.81 bits per heavy atom. The van der Waals surface area contributed by atoms with E-state index in [-0.39, 0.29) is 16.7 Å². The average Bonchev–Trinajstić information content (AvgIpc) is 3.42. The zero-order valence-corrected chi connectivity index (χ0v) is 24.3. The molecule has 1 aromatic heterocycles. The number of carboxylic acids is 1. The van der Waals surface area contributed by atoms with E-state index in [1.807, 2.05) is 41.2 Å². The predicted octanol–water partition coefficient (Wildman–Crippen LogP) is 2.54. The number of carbonyl (C=O) groups is 2. The Bertz CT molecular complexity index is 1740. The number of nitrogens with one attached hydrogen (secondary N) is 4. The first kappa shape index (κ1) is 30.0. The van der Waals surface area contributed by atoms with Crippen molar-refractivity contribution < 1.29 is 23.1 Å². The molecule has 12 nitrogen and oxygen atoms in total. The number of hydrogen-bond acceptors (Lipinski definition) is 8. The van der Waals surface area contributed by atoms with Crippen LogP contribution < -0.4 is 20.7 Å².